The molecule has 2 N–H and O–H groups in total. The van der Waals surface area contributed by atoms with Gasteiger partial charge in [-0.2, -0.15) is 0 Å². The van der Waals surface area contributed by atoms with Crippen LogP contribution in [-0.4, -0.2) is 25.4 Å². The van der Waals surface area contributed by atoms with Crippen molar-refractivity contribution >= 4 is 27.5 Å². The molecule has 36 heavy (non-hydrogen) atoms. The first-order valence-corrected chi connectivity index (χ1v) is 13.5. The third-order valence-electron chi connectivity index (χ3n) is 6.40. The lowest BCUT2D eigenvalue weighted by Gasteiger charge is -2.29. The van der Waals surface area contributed by atoms with Crippen LogP contribution in [-0.2, 0) is 14.8 Å². The Bertz CT molecular complexity index is 1340. The van der Waals surface area contributed by atoms with Crippen LogP contribution >= 0.6 is 11.6 Å². The number of halogens is 3. The van der Waals surface area contributed by atoms with Crippen molar-refractivity contribution in [3.8, 4) is 11.3 Å². The minimum absolute atomic E-state index is 0.0265. The molecule has 0 aliphatic heterocycles. The van der Waals surface area contributed by atoms with Crippen LogP contribution < -0.4 is 10.0 Å². The Morgan fingerprint density at radius 3 is 2.36 bits per heavy atom. The van der Waals surface area contributed by atoms with Crippen LogP contribution in [0.25, 0.3) is 11.3 Å². The van der Waals surface area contributed by atoms with E-state index in [-0.39, 0.29) is 50.9 Å². The van der Waals surface area contributed by atoms with Crippen molar-refractivity contribution in [1.82, 2.24) is 15.0 Å². The Hall–Kier alpha value is -2.88. The summed E-state index contributed by atoms with van der Waals surface area (Å²) in [5, 5.41) is 2.98. The van der Waals surface area contributed by atoms with Gasteiger partial charge in [0.1, 0.15) is 16.5 Å². The molecule has 1 saturated carbocycles. The molecule has 1 fully saturated rings. The number of nitrogens with zero attached hydrogens (tertiary/aromatic N) is 1. The van der Waals surface area contributed by atoms with Crippen LogP contribution in [0.1, 0.15) is 44.2 Å². The van der Waals surface area contributed by atoms with Gasteiger partial charge in [0.15, 0.2) is 0 Å². The Morgan fingerprint density at radius 2 is 1.72 bits per heavy atom. The fourth-order valence-corrected chi connectivity index (χ4v) is 5.95. The largest absolute Gasteiger partial charge is 0.349 e. The molecule has 1 aromatic heterocycles. The van der Waals surface area contributed by atoms with Gasteiger partial charge in [0.05, 0.1) is 16.8 Å². The molecule has 4 rings (SSSR count). The van der Waals surface area contributed by atoms with Crippen molar-refractivity contribution in [2.75, 3.05) is 0 Å². The number of aromatic nitrogens is 1. The van der Waals surface area contributed by atoms with Crippen LogP contribution in [0.5, 0.6) is 0 Å². The minimum atomic E-state index is -3.91. The number of benzene rings is 2. The number of amides is 1. The van der Waals surface area contributed by atoms with E-state index in [1.807, 2.05) is 6.92 Å². The molecule has 1 aliphatic rings. The summed E-state index contributed by atoms with van der Waals surface area (Å²) in [6.45, 7) is 1.83. The highest BCUT2D eigenvalue weighted by Gasteiger charge is 2.30. The van der Waals surface area contributed by atoms with E-state index in [0.29, 0.717) is 25.7 Å². The van der Waals surface area contributed by atoms with Crippen molar-refractivity contribution in [2.45, 2.75) is 49.6 Å². The van der Waals surface area contributed by atoms with Crippen molar-refractivity contribution in [3.05, 3.63) is 83.0 Å². The summed E-state index contributed by atoms with van der Waals surface area (Å²) in [4.78, 5) is 16.7. The number of nitrogens with one attached hydrogen (secondary N) is 2. The van der Waals surface area contributed by atoms with Crippen molar-refractivity contribution in [2.24, 2.45) is 5.92 Å². The zero-order valence-electron chi connectivity index (χ0n) is 19.5. The van der Waals surface area contributed by atoms with Crippen molar-refractivity contribution < 1.29 is 22.0 Å². The fraction of sp³-hybridized carbons (Fsp3) is 0.308. The average Bonchev–Trinajstić information content (AvgIpc) is 2.85. The second-order valence-electron chi connectivity index (χ2n) is 8.93. The molecule has 0 bridgehead atoms. The van der Waals surface area contributed by atoms with Crippen LogP contribution in [0.4, 0.5) is 8.78 Å². The summed E-state index contributed by atoms with van der Waals surface area (Å²) in [7, 11) is -3.91. The monoisotopic (exact) mass is 533 g/mol. The van der Waals surface area contributed by atoms with E-state index >= 15 is 0 Å². The second-order valence-corrected chi connectivity index (χ2v) is 11.1. The number of hydrogen-bond donors (Lipinski definition) is 2. The lowest BCUT2D eigenvalue weighted by Crippen LogP contribution is -2.41. The molecule has 3 aromatic rings. The van der Waals surface area contributed by atoms with E-state index in [1.165, 1.54) is 30.3 Å². The van der Waals surface area contributed by atoms with Gasteiger partial charge in [0.2, 0.25) is 15.9 Å². The number of rotatable bonds is 7. The molecule has 1 heterocycles. The van der Waals surface area contributed by atoms with Crippen LogP contribution in [0.3, 0.4) is 0 Å². The Balaban J connectivity index is 1.34. The Morgan fingerprint density at radius 1 is 1.06 bits per heavy atom. The molecule has 0 spiro atoms. The highest BCUT2D eigenvalue weighted by Crippen LogP contribution is 2.31. The number of sulfonamides is 1. The molecular weight excluding hydrogens is 508 g/mol. The predicted octanol–water partition coefficient (Wildman–Crippen LogP) is 5.39. The summed E-state index contributed by atoms with van der Waals surface area (Å²) in [5.41, 5.74) is 1.15. The lowest BCUT2D eigenvalue weighted by atomic mass is 9.85. The highest BCUT2D eigenvalue weighted by molar-refractivity contribution is 7.89. The van der Waals surface area contributed by atoms with Gasteiger partial charge in [-0.3, -0.25) is 9.78 Å². The van der Waals surface area contributed by atoms with Gasteiger partial charge >= 0.3 is 0 Å². The smallest absolute Gasteiger partial charge is 0.242 e. The average molecular weight is 534 g/mol. The van der Waals surface area contributed by atoms with E-state index in [2.05, 4.69) is 15.0 Å². The first-order valence-electron chi connectivity index (χ1n) is 11.6. The van der Waals surface area contributed by atoms with E-state index in [9.17, 15) is 22.0 Å². The molecule has 6 nitrogen and oxygen atoms in total. The Labute approximate surface area is 214 Å². The van der Waals surface area contributed by atoms with Crippen molar-refractivity contribution in [1.29, 1.82) is 0 Å². The van der Waals surface area contributed by atoms with Gasteiger partial charge in [-0.1, -0.05) is 35.9 Å². The molecule has 1 amide bonds. The third kappa shape index (κ3) is 6.08. The first-order chi connectivity index (χ1) is 17.1. The maximum absolute atomic E-state index is 14.1. The number of carbonyl (C=O) groups excluding carboxylic acids is 1. The van der Waals surface area contributed by atoms with E-state index < -0.39 is 15.8 Å². The maximum atomic E-state index is 14.1. The zero-order chi connectivity index (χ0) is 25.9. The van der Waals surface area contributed by atoms with Crippen molar-refractivity contribution in [3.63, 3.8) is 0 Å². The van der Waals surface area contributed by atoms with Gasteiger partial charge in [-0.05, 0) is 68.5 Å². The summed E-state index contributed by atoms with van der Waals surface area (Å²) in [5.74, 6) is -1.18. The minimum Gasteiger partial charge on any atom is -0.349 e. The molecule has 190 valence electrons. The van der Waals surface area contributed by atoms with Crippen LogP contribution in [0, 0.1) is 17.6 Å². The summed E-state index contributed by atoms with van der Waals surface area (Å²) in [6, 6.07) is 12.6. The van der Waals surface area contributed by atoms with Gasteiger partial charge in [0.25, 0.3) is 0 Å². The summed E-state index contributed by atoms with van der Waals surface area (Å²) < 4.78 is 55.7. The third-order valence-corrected chi connectivity index (χ3v) is 8.18. The summed E-state index contributed by atoms with van der Waals surface area (Å²) in [6.07, 6.45) is 3.21. The van der Waals surface area contributed by atoms with Gasteiger partial charge in [0, 0.05) is 23.7 Å². The molecule has 10 heteroatoms. The normalized spacial score (nSPS) is 19.0. The number of pyridine rings is 1. The van der Waals surface area contributed by atoms with E-state index in [4.69, 9.17) is 11.6 Å². The van der Waals surface area contributed by atoms with Crippen LogP contribution in [0.2, 0.25) is 5.02 Å². The summed E-state index contributed by atoms with van der Waals surface area (Å²) >= 11 is 6.25. The van der Waals surface area contributed by atoms with Gasteiger partial charge in [-0.25, -0.2) is 21.9 Å². The lowest BCUT2D eigenvalue weighted by molar-refractivity contribution is -0.126. The molecular formula is C26H26ClF2N3O3S. The highest BCUT2D eigenvalue weighted by atomic mass is 35.5. The SMILES string of the molecule is C[C@@H](NC(=O)[C@H]1CC[C@H](NS(=O)(=O)c2cnc(-c3ccccc3F)c(Cl)c2)CC1)c1ccc(F)cc1. The first kappa shape index (κ1) is 26.2. The predicted molar refractivity (Wildman–Crippen MR) is 134 cm³/mol. The Kier molecular flexibility index (Phi) is 8.02. The molecule has 0 radical (unpaired) electrons. The van der Waals surface area contributed by atoms with E-state index in [0.717, 1.165) is 11.8 Å². The topological polar surface area (TPSA) is 88.2 Å². The molecule has 2 aromatic carbocycles. The molecule has 1 atom stereocenters. The standard InChI is InChI=1S/C26H26ClF2N3O3S/c1-16(17-6-10-19(28)11-7-17)31-26(33)18-8-12-20(13-9-18)32-36(34,35)21-14-23(27)25(30-15-21)22-4-2-3-5-24(22)29/h2-7,10-11,14-16,18,20,32H,8-9,12-13H2,1H3,(H,31,33)/t16-,18-,20-/m1/s1. The van der Waals surface area contributed by atoms with Gasteiger partial charge < -0.3 is 5.32 Å². The fourth-order valence-electron chi connectivity index (χ4n) is 4.35. The van der Waals surface area contributed by atoms with E-state index in [1.54, 1.807) is 24.3 Å². The molecule has 0 saturated heterocycles. The maximum Gasteiger partial charge on any atom is 0.242 e. The van der Waals surface area contributed by atoms with Crippen LogP contribution in [0.15, 0.2) is 65.7 Å². The quantitative estimate of drug-likeness (QED) is 0.426. The number of hydrogen-bond acceptors (Lipinski definition) is 4. The second kappa shape index (κ2) is 11.0. The number of carbonyl (C=O) groups is 1. The van der Waals surface area contributed by atoms with Gasteiger partial charge in [-0.15, -0.1) is 0 Å². The molecule has 0 unspecified atom stereocenters. The molecule has 1 aliphatic carbocycles. The zero-order valence-corrected chi connectivity index (χ0v) is 21.1.